The molecule has 0 radical (unpaired) electrons. The van der Waals surface area contributed by atoms with E-state index in [-0.39, 0.29) is 11.5 Å². The van der Waals surface area contributed by atoms with Gasteiger partial charge < -0.3 is 24.3 Å². The molecule has 6 rings (SSSR count). The highest BCUT2D eigenvalue weighted by atomic mass is 16.5. The minimum atomic E-state index is -0.00692. The van der Waals surface area contributed by atoms with Crippen molar-refractivity contribution in [2.75, 3.05) is 39.3 Å². The van der Waals surface area contributed by atoms with Gasteiger partial charge in [-0.05, 0) is 56.6 Å². The van der Waals surface area contributed by atoms with Crippen LogP contribution < -0.4 is 9.64 Å². The largest absolute Gasteiger partial charge is 0.491 e. The molecule has 1 aliphatic heterocycles. The van der Waals surface area contributed by atoms with Gasteiger partial charge in [0.2, 0.25) is 0 Å². The van der Waals surface area contributed by atoms with Crippen LogP contribution in [0.1, 0.15) is 42.3 Å². The topological polar surface area (TPSA) is 92.3 Å². The molecule has 204 valence electrons. The zero-order chi connectivity index (χ0) is 27.3. The maximum atomic E-state index is 6.23. The third kappa shape index (κ3) is 4.96. The number of rotatable bonds is 5. The number of hydrogen-bond acceptors (Lipinski definition) is 8. The molecule has 9 heteroatoms. The Morgan fingerprint density at radius 2 is 2.00 bits per heavy atom. The molecule has 1 aliphatic carbocycles. The van der Waals surface area contributed by atoms with Gasteiger partial charge in [0.05, 0.1) is 30.4 Å². The zero-order valence-corrected chi connectivity index (χ0v) is 23.7. The number of ether oxygens (including phenoxy) is 2. The Kier molecular flexibility index (Phi) is 6.51. The number of benzene rings is 1. The van der Waals surface area contributed by atoms with Gasteiger partial charge in [-0.25, -0.2) is 19.9 Å². The van der Waals surface area contributed by atoms with Gasteiger partial charge in [0, 0.05) is 43.0 Å². The number of H-pyrrole nitrogens is 1. The van der Waals surface area contributed by atoms with Crippen LogP contribution in [0.2, 0.25) is 0 Å². The summed E-state index contributed by atoms with van der Waals surface area (Å²) in [5.74, 6) is 3.65. The molecule has 0 amide bonds. The number of imidazole rings is 1. The van der Waals surface area contributed by atoms with E-state index in [1.165, 1.54) is 5.56 Å². The summed E-state index contributed by atoms with van der Waals surface area (Å²) < 4.78 is 12.1. The smallest absolute Gasteiger partial charge is 0.177 e. The molecule has 0 bridgehead atoms. The van der Waals surface area contributed by atoms with E-state index >= 15 is 0 Å². The van der Waals surface area contributed by atoms with E-state index in [9.17, 15) is 0 Å². The molecule has 0 spiro atoms. The maximum absolute atomic E-state index is 6.23. The van der Waals surface area contributed by atoms with Gasteiger partial charge in [-0.2, -0.15) is 0 Å². The van der Waals surface area contributed by atoms with Crippen molar-refractivity contribution < 1.29 is 9.47 Å². The summed E-state index contributed by atoms with van der Waals surface area (Å²) in [4.78, 5) is 27.0. The lowest BCUT2D eigenvalue weighted by Crippen LogP contribution is -2.41. The Labute approximate surface area is 229 Å². The van der Waals surface area contributed by atoms with Crippen molar-refractivity contribution in [1.29, 1.82) is 0 Å². The van der Waals surface area contributed by atoms with E-state index in [1.54, 1.807) is 0 Å². The second kappa shape index (κ2) is 9.88. The average molecular weight is 528 g/mol. The maximum Gasteiger partial charge on any atom is 0.177 e. The Morgan fingerprint density at radius 3 is 2.79 bits per heavy atom. The second-order valence-corrected chi connectivity index (χ2v) is 11.7. The van der Waals surface area contributed by atoms with Gasteiger partial charge in [0.15, 0.2) is 5.65 Å². The highest BCUT2D eigenvalue weighted by molar-refractivity contribution is 5.78. The van der Waals surface area contributed by atoms with Gasteiger partial charge >= 0.3 is 0 Å². The number of methoxy groups -OCH3 is 1. The predicted octanol–water partition coefficient (Wildman–Crippen LogP) is 4.32. The van der Waals surface area contributed by atoms with Crippen LogP contribution >= 0.6 is 0 Å². The average Bonchev–Trinajstić information content (AvgIpc) is 3.13. The first-order valence-corrected chi connectivity index (χ1v) is 13.6. The number of anilines is 1. The van der Waals surface area contributed by atoms with Crippen LogP contribution in [0.25, 0.3) is 22.3 Å². The van der Waals surface area contributed by atoms with E-state index in [4.69, 9.17) is 19.4 Å². The van der Waals surface area contributed by atoms with Crippen molar-refractivity contribution in [2.45, 2.75) is 52.8 Å². The fourth-order valence-electron chi connectivity index (χ4n) is 5.89. The van der Waals surface area contributed by atoms with E-state index in [2.05, 4.69) is 77.0 Å². The number of fused-ring (bicyclic) bond motifs is 3. The van der Waals surface area contributed by atoms with Crippen LogP contribution in [0.5, 0.6) is 5.75 Å². The van der Waals surface area contributed by atoms with E-state index in [0.717, 1.165) is 76.2 Å². The molecule has 39 heavy (non-hydrogen) atoms. The first-order valence-electron chi connectivity index (χ1n) is 13.6. The van der Waals surface area contributed by atoms with Crippen molar-refractivity contribution in [3.05, 3.63) is 58.9 Å². The summed E-state index contributed by atoms with van der Waals surface area (Å²) in [6.07, 6.45) is 3.68. The lowest BCUT2D eigenvalue weighted by Gasteiger charge is -2.40. The first kappa shape index (κ1) is 25.7. The van der Waals surface area contributed by atoms with E-state index in [0.29, 0.717) is 19.7 Å². The van der Waals surface area contributed by atoms with Gasteiger partial charge in [-0.1, -0.05) is 19.9 Å². The molecule has 1 atom stereocenters. The highest BCUT2D eigenvalue weighted by Gasteiger charge is 2.39. The Morgan fingerprint density at radius 1 is 1.15 bits per heavy atom. The molecular formula is C30H37N7O2. The molecular weight excluding hydrogens is 490 g/mol. The highest BCUT2D eigenvalue weighted by Crippen LogP contribution is 2.40. The Balaban J connectivity index is 1.39. The van der Waals surface area contributed by atoms with E-state index < -0.39 is 0 Å². The van der Waals surface area contributed by atoms with Crippen LogP contribution in [0.15, 0.2) is 30.5 Å². The molecule has 1 N–H and O–H groups in total. The monoisotopic (exact) mass is 527 g/mol. The molecule has 4 heterocycles. The quantitative estimate of drug-likeness (QED) is 0.410. The van der Waals surface area contributed by atoms with Gasteiger partial charge in [-0.3, -0.25) is 0 Å². The summed E-state index contributed by atoms with van der Waals surface area (Å²) >= 11 is 0. The molecule has 0 fully saturated rings. The van der Waals surface area contributed by atoms with Gasteiger partial charge in [0.1, 0.15) is 29.8 Å². The standard InChI is InChI=1S/C30H37N7O2/c1-18-32-24-12-20(15-31-28(24)33-18)19-7-8-25-21(11-19)16-37(9-10-39-25)29-22-14-30(2,3)26(38-6)13-23(22)34-27(35-29)17-36(4)5/h7-8,11-12,15,26H,9-10,13-14,16-17H2,1-6H3,(H,31,32,33). The van der Waals surface area contributed by atoms with Crippen molar-refractivity contribution in [1.82, 2.24) is 29.8 Å². The normalized spacial score (nSPS) is 18.5. The number of nitrogens with zero attached hydrogens (tertiary/aromatic N) is 6. The van der Waals surface area contributed by atoms with Crippen LogP contribution in [0.4, 0.5) is 5.82 Å². The third-order valence-corrected chi connectivity index (χ3v) is 7.87. The van der Waals surface area contributed by atoms with E-state index in [1.807, 2.05) is 20.2 Å². The fourth-order valence-corrected chi connectivity index (χ4v) is 5.89. The minimum Gasteiger partial charge on any atom is -0.491 e. The summed E-state index contributed by atoms with van der Waals surface area (Å²) in [7, 11) is 5.91. The predicted molar refractivity (Wildman–Crippen MR) is 152 cm³/mol. The van der Waals surface area contributed by atoms with Crippen LogP contribution in [-0.2, 0) is 30.7 Å². The van der Waals surface area contributed by atoms with Crippen molar-refractivity contribution in [3.8, 4) is 16.9 Å². The number of hydrogen-bond donors (Lipinski definition) is 1. The molecule has 3 aromatic heterocycles. The number of pyridine rings is 1. The van der Waals surface area contributed by atoms with Gasteiger partial charge in [0.25, 0.3) is 0 Å². The van der Waals surface area contributed by atoms with Crippen LogP contribution in [0.3, 0.4) is 0 Å². The van der Waals surface area contributed by atoms with Gasteiger partial charge in [-0.15, -0.1) is 0 Å². The summed E-state index contributed by atoms with van der Waals surface area (Å²) in [5, 5.41) is 0. The molecule has 2 aliphatic rings. The van der Waals surface area contributed by atoms with Crippen molar-refractivity contribution in [3.63, 3.8) is 0 Å². The van der Waals surface area contributed by atoms with Crippen LogP contribution in [-0.4, -0.2) is 70.3 Å². The zero-order valence-electron chi connectivity index (χ0n) is 23.7. The number of aromatic amines is 1. The number of aryl methyl sites for hydroxylation is 1. The number of nitrogens with one attached hydrogen (secondary N) is 1. The van der Waals surface area contributed by atoms with Crippen molar-refractivity contribution >= 4 is 17.0 Å². The molecule has 4 aromatic rings. The fraction of sp³-hybridized carbons (Fsp3) is 0.467. The lowest BCUT2D eigenvalue weighted by molar-refractivity contribution is -0.000218. The lowest BCUT2D eigenvalue weighted by atomic mass is 9.73. The number of aromatic nitrogens is 5. The third-order valence-electron chi connectivity index (χ3n) is 7.87. The Bertz CT molecular complexity index is 1530. The molecule has 0 saturated heterocycles. The SMILES string of the molecule is COC1Cc2nc(CN(C)C)nc(N3CCOc4ccc(-c5cnc6nc(C)[nH]c6c5)cc4C3)c2CC1(C)C. The Hall–Kier alpha value is -3.56. The summed E-state index contributed by atoms with van der Waals surface area (Å²) in [6, 6.07) is 8.52. The molecule has 9 nitrogen and oxygen atoms in total. The molecule has 1 unspecified atom stereocenters. The minimum absolute atomic E-state index is 0.00692. The summed E-state index contributed by atoms with van der Waals surface area (Å²) in [5.41, 5.74) is 7.30. The summed E-state index contributed by atoms with van der Waals surface area (Å²) in [6.45, 7) is 9.25. The first-order chi connectivity index (χ1) is 18.7. The van der Waals surface area contributed by atoms with Crippen molar-refractivity contribution in [2.24, 2.45) is 5.41 Å². The van der Waals surface area contributed by atoms with Crippen LogP contribution in [0, 0.1) is 12.3 Å². The molecule has 0 saturated carbocycles. The second-order valence-electron chi connectivity index (χ2n) is 11.7. The molecule has 1 aromatic carbocycles.